The molecule has 0 unspecified atom stereocenters. The van der Waals surface area contributed by atoms with Crippen LogP contribution in [0.25, 0.3) is 0 Å². The molecule has 0 saturated carbocycles. The van der Waals surface area contributed by atoms with Crippen LogP contribution in [-0.2, 0) is 16.0 Å². The Hall–Kier alpha value is -2.48. The molecule has 0 aromatic heterocycles. The molecular weight excluding hydrogens is 302 g/mol. The zero-order chi connectivity index (χ0) is 17.2. The van der Waals surface area contributed by atoms with Gasteiger partial charge in [0.1, 0.15) is 17.2 Å². The summed E-state index contributed by atoms with van der Waals surface area (Å²) in [4.78, 5) is 22.6. The lowest BCUT2D eigenvalue weighted by atomic mass is 10.1. The third kappa shape index (κ3) is 5.67. The van der Waals surface area contributed by atoms with E-state index in [0.717, 1.165) is 5.56 Å². The molecule has 0 atom stereocenters. The van der Waals surface area contributed by atoms with Gasteiger partial charge in [0.15, 0.2) is 0 Å². The highest BCUT2D eigenvalue weighted by atomic mass is 16.5. The number of rotatable bonds is 9. The largest absolute Gasteiger partial charge is 0.496 e. The Morgan fingerprint density at radius 3 is 2.09 bits per heavy atom. The number of methoxy groups -OCH3 is 3. The highest BCUT2D eigenvalue weighted by molar-refractivity contribution is 5.85. The van der Waals surface area contributed by atoms with E-state index in [1.807, 2.05) is 0 Å². The maximum Gasteiger partial charge on any atom is 0.239 e. The van der Waals surface area contributed by atoms with Crippen LogP contribution in [0.1, 0.15) is 5.56 Å². The van der Waals surface area contributed by atoms with E-state index in [1.165, 1.54) is 0 Å². The number of carbonyl (C=O) groups is 2. The minimum Gasteiger partial charge on any atom is -0.496 e. The fourth-order valence-corrected chi connectivity index (χ4v) is 1.96. The third-order valence-electron chi connectivity index (χ3n) is 3.15. The maximum absolute atomic E-state index is 11.6. The van der Waals surface area contributed by atoms with Crippen LogP contribution in [0.2, 0.25) is 0 Å². The van der Waals surface area contributed by atoms with Crippen molar-refractivity contribution < 1.29 is 23.8 Å². The predicted molar refractivity (Wildman–Crippen MR) is 84.9 cm³/mol. The summed E-state index contributed by atoms with van der Waals surface area (Å²) in [7, 11) is 4.67. The molecular formula is C15H23N3O5. The zero-order valence-electron chi connectivity index (χ0n) is 13.6. The maximum atomic E-state index is 11.6. The first-order valence-electron chi connectivity index (χ1n) is 7.08. The summed E-state index contributed by atoms with van der Waals surface area (Å²) >= 11 is 0. The van der Waals surface area contributed by atoms with E-state index in [1.54, 1.807) is 33.5 Å². The number of ether oxygens (including phenoxy) is 3. The fraction of sp³-hybridized carbons (Fsp3) is 0.467. The van der Waals surface area contributed by atoms with E-state index in [4.69, 9.17) is 19.9 Å². The van der Waals surface area contributed by atoms with Crippen molar-refractivity contribution >= 4 is 11.8 Å². The highest BCUT2D eigenvalue weighted by Gasteiger charge is 2.13. The van der Waals surface area contributed by atoms with Gasteiger partial charge in [-0.25, -0.2) is 0 Å². The molecule has 0 aliphatic heterocycles. The molecule has 0 bridgehead atoms. The topological polar surface area (TPSA) is 112 Å². The normalized spacial score (nSPS) is 9.91. The van der Waals surface area contributed by atoms with Gasteiger partial charge in [-0.3, -0.25) is 9.59 Å². The van der Waals surface area contributed by atoms with Gasteiger partial charge in [-0.15, -0.1) is 0 Å². The quantitative estimate of drug-likeness (QED) is 0.561. The number of benzene rings is 1. The molecule has 8 nitrogen and oxygen atoms in total. The second-order valence-corrected chi connectivity index (χ2v) is 4.59. The van der Waals surface area contributed by atoms with Crippen molar-refractivity contribution in [3.8, 4) is 17.2 Å². The van der Waals surface area contributed by atoms with Crippen molar-refractivity contribution in [2.45, 2.75) is 6.42 Å². The van der Waals surface area contributed by atoms with Crippen LogP contribution in [0.5, 0.6) is 17.2 Å². The van der Waals surface area contributed by atoms with E-state index < -0.39 is 0 Å². The van der Waals surface area contributed by atoms with E-state index in [0.29, 0.717) is 30.2 Å². The standard InChI is InChI=1S/C15H23N3O5/c1-21-10-6-12(22-2)11(13(7-10)23-3)4-5-17-15(20)9-18-14(19)8-16/h6-7H,4-5,8-9,16H2,1-3H3,(H,17,20)(H,18,19). The molecule has 0 aliphatic rings. The first kappa shape index (κ1) is 18.6. The molecule has 8 heteroatoms. The van der Waals surface area contributed by atoms with E-state index in [2.05, 4.69) is 10.6 Å². The van der Waals surface area contributed by atoms with Gasteiger partial charge in [-0.2, -0.15) is 0 Å². The van der Waals surface area contributed by atoms with Crippen LogP contribution >= 0.6 is 0 Å². The van der Waals surface area contributed by atoms with Crippen molar-refractivity contribution in [2.24, 2.45) is 5.73 Å². The third-order valence-corrected chi connectivity index (χ3v) is 3.15. The summed E-state index contributed by atoms with van der Waals surface area (Å²) in [5.41, 5.74) is 5.96. The number of amides is 2. The molecule has 23 heavy (non-hydrogen) atoms. The van der Waals surface area contributed by atoms with Crippen LogP contribution < -0.4 is 30.6 Å². The lowest BCUT2D eigenvalue weighted by Crippen LogP contribution is -2.40. The van der Waals surface area contributed by atoms with Crippen molar-refractivity contribution in [1.82, 2.24) is 10.6 Å². The summed E-state index contributed by atoms with van der Waals surface area (Å²) in [5, 5.41) is 5.10. The highest BCUT2D eigenvalue weighted by Crippen LogP contribution is 2.34. The lowest BCUT2D eigenvalue weighted by molar-refractivity contribution is -0.125. The summed E-state index contributed by atoms with van der Waals surface area (Å²) < 4.78 is 15.9. The number of nitrogens with two attached hydrogens (primary N) is 1. The van der Waals surface area contributed by atoms with E-state index >= 15 is 0 Å². The molecule has 2 amide bonds. The molecule has 128 valence electrons. The Kier molecular flexibility index (Phi) is 7.69. The number of nitrogens with one attached hydrogen (secondary N) is 2. The summed E-state index contributed by atoms with van der Waals surface area (Å²) in [6.07, 6.45) is 0.507. The van der Waals surface area contributed by atoms with E-state index in [-0.39, 0.29) is 24.9 Å². The molecule has 0 aliphatic carbocycles. The molecule has 1 aromatic carbocycles. The first-order chi connectivity index (χ1) is 11.0. The molecule has 0 radical (unpaired) electrons. The Morgan fingerprint density at radius 1 is 1.00 bits per heavy atom. The average molecular weight is 325 g/mol. The van der Waals surface area contributed by atoms with Gasteiger partial charge in [0.2, 0.25) is 11.8 Å². The minimum absolute atomic E-state index is 0.104. The van der Waals surface area contributed by atoms with Crippen molar-refractivity contribution in [3.63, 3.8) is 0 Å². The van der Waals surface area contributed by atoms with Crippen molar-refractivity contribution in [1.29, 1.82) is 0 Å². The summed E-state index contributed by atoms with van der Waals surface area (Å²) in [6.45, 7) is 0.122. The molecule has 1 rings (SSSR count). The number of hydrogen-bond acceptors (Lipinski definition) is 6. The molecule has 0 heterocycles. The number of hydrogen-bond donors (Lipinski definition) is 3. The van der Waals surface area contributed by atoms with Gasteiger partial charge in [0.25, 0.3) is 0 Å². The van der Waals surface area contributed by atoms with Crippen LogP contribution in [0.4, 0.5) is 0 Å². The van der Waals surface area contributed by atoms with E-state index in [9.17, 15) is 9.59 Å². The van der Waals surface area contributed by atoms with Gasteiger partial charge in [0, 0.05) is 24.2 Å². The van der Waals surface area contributed by atoms with Gasteiger partial charge in [-0.1, -0.05) is 0 Å². The van der Waals surface area contributed by atoms with Crippen LogP contribution in [0.3, 0.4) is 0 Å². The smallest absolute Gasteiger partial charge is 0.239 e. The predicted octanol–water partition coefficient (Wildman–Crippen LogP) is -0.554. The molecule has 4 N–H and O–H groups in total. The minimum atomic E-state index is -0.376. The Balaban J connectivity index is 2.63. The molecule has 0 spiro atoms. The lowest BCUT2D eigenvalue weighted by Gasteiger charge is -2.15. The van der Waals surface area contributed by atoms with Gasteiger partial charge in [-0.05, 0) is 6.42 Å². The van der Waals surface area contributed by atoms with Gasteiger partial charge < -0.3 is 30.6 Å². The monoisotopic (exact) mass is 325 g/mol. The molecule has 0 saturated heterocycles. The van der Waals surface area contributed by atoms with Gasteiger partial charge >= 0.3 is 0 Å². The van der Waals surface area contributed by atoms with Gasteiger partial charge in [0.05, 0.1) is 34.4 Å². The van der Waals surface area contributed by atoms with Crippen LogP contribution in [-0.4, -0.2) is 52.8 Å². The SMILES string of the molecule is COc1cc(OC)c(CCNC(=O)CNC(=O)CN)c(OC)c1. The zero-order valence-corrected chi connectivity index (χ0v) is 13.6. The second-order valence-electron chi connectivity index (χ2n) is 4.59. The average Bonchev–Trinajstić information content (AvgIpc) is 2.59. The van der Waals surface area contributed by atoms with Crippen molar-refractivity contribution in [2.75, 3.05) is 41.0 Å². The first-order valence-corrected chi connectivity index (χ1v) is 7.08. The number of carbonyl (C=O) groups excluding carboxylic acids is 2. The van der Waals surface area contributed by atoms with Crippen LogP contribution in [0.15, 0.2) is 12.1 Å². The van der Waals surface area contributed by atoms with Crippen LogP contribution in [0, 0.1) is 0 Å². The Labute approximate surface area is 135 Å². The van der Waals surface area contributed by atoms with Crippen molar-refractivity contribution in [3.05, 3.63) is 17.7 Å². The Morgan fingerprint density at radius 2 is 1.61 bits per heavy atom. The Bertz CT molecular complexity index is 523. The second kappa shape index (κ2) is 9.52. The summed E-state index contributed by atoms with van der Waals surface area (Å²) in [5.74, 6) is 1.19. The summed E-state index contributed by atoms with van der Waals surface area (Å²) in [6, 6.07) is 3.50. The molecule has 1 aromatic rings. The fourth-order valence-electron chi connectivity index (χ4n) is 1.96. The molecule has 0 fully saturated rings.